The predicted molar refractivity (Wildman–Crippen MR) is 93.8 cm³/mol. The van der Waals surface area contributed by atoms with Gasteiger partial charge in [-0.1, -0.05) is 0 Å². The Hall–Kier alpha value is -2.30. The summed E-state index contributed by atoms with van der Waals surface area (Å²) in [6.45, 7) is 1.52. The van der Waals surface area contributed by atoms with Gasteiger partial charge in [-0.05, 0) is 36.2 Å². The van der Waals surface area contributed by atoms with Crippen LogP contribution in [0.1, 0.15) is 23.0 Å². The Bertz CT molecular complexity index is 801. The number of rotatable bonds is 7. The van der Waals surface area contributed by atoms with Crippen molar-refractivity contribution in [3.05, 3.63) is 40.3 Å². The highest BCUT2D eigenvalue weighted by atomic mass is 35.5. The number of benzene rings is 1. The van der Waals surface area contributed by atoms with Crippen LogP contribution < -0.4 is 15.6 Å². The second kappa shape index (κ2) is 8.59. The van der Waals surface area contributed by atoms with Crippen molar-refractivity contribution in [1.29, 1.82) is 0 Å². The number of halogens is 4. The fourth-order valence-corrected chi connectivity index (χ4v) is 2.49. The average Bonchev–Trinajstić information content (AvgIpc) is 2.61. The summed E-state index contributed by atoms with van der Waals surface area (Å²) in [4.78, 5) is 7.93. The molecular weight excluding hydrogens is 389 g/mol. The topological polar surface area (TPSA) is 77.5 Å². The van der Waals surface area contributed by atoms with Crippen LogP contribution >= 0.6 is 11.6 Å². The van der Waals surface area contributed by atoms with Crippen LogP contribution in [0, 0.1) is 6.92 Å². The molecule has 2 N–H and O–H groups in total. The predicted octanol–water partition coefficient (Wildman–Crippen LogP) is 4.20. The van der Waals surface area contributed by atoms with Crippen LogP contribution in [-0.2, 0) is 15.7 Å². The molecular formula is C16H18ClF3N4O3. The first kappa shape index (κ1) is 21.0. The van der Waals surface area contributed by atoms with Gasteiger partial charge in [0.05, 0.1) is 23.9 Å². The minimum Gasteiger partial charge on any atom is -0.494 e. The van der Waals surface area contributed by atoms with Crippen LogP contribution in [-0.4, -0.2) is 31.3 Å². The van der Waals surface area contributed by atoms with Gasteiger partial charge in [-0.3, -0.25) is 10.9 Å². The number of aromatic nitrogens is 2. The highest BCUT2D eigenvalue weighted by Gasteiger charge is 2.32. The third-order valence-corrected chi connectivity index (χ3v) is 3.80. The first-order valence-electron chi connectivity index (χ1n) is 7.57. The number of anilines is 2. The zero-order valence-electron chi connectivity index (χ0n) is 14.9. The summed E-state index contributed by atoms with van der Waals surface area (Å²) < 4.78 is 54.4. The summed E-state index contributed by atoms with van der Waals surface area (Å²) in [6.07, 6.45) is -3.85. The number of methoxy groups -OCH3 is 3. The number of hydrazine groups is 1. The van der Waals surface area contributed by atoms with Crippen molar-refractivity contribution in [3.63, 3.8) is 0 Å². The van der Waals surface area contributed by atoms with Gasteiger partial charge in [-0.25, -0.2) is 4.98 Å². The molecule has 2 rings (SSSR count). The van der Waals surface area contributed by atoms with E-state index in [0.717, 1.165) is 12.1 Å². The second-order valence-electron chi connectivity index (χ2n) is 5.36. The fourth-order valence-electron chi connectivity index (χ4n) is 2.35. The summed E-state index contributed by atoms with van der Waals surface area (Å²) in [5.74, 6) is 0.233. The number of nitrogens with zero attached hydrogens (tertiary/aromatic N) is 2. The lowest BCUT2D eigenvalue weighted by atomic mass is 10.1. The Morgan fingerprint density at radius 1 is 1.11 bits per heavy atom. The van der Waals surface area contributed by atoms with Gasteiger partial charge in [-0.2, -0.15) is 18.2 Å². The number of alkyl halides is 3. The number of hydrogen-bond donors (Lipinski definition) is 2. The molecule has 7 nitrogen and oxygen atoms in total. The lowest BCUT2D eigenvalue weighted by molar-refractivity contribution is -0.137. The normalized spacial score (nSPS) is 11.6. The van der Waals surface area contributed by atoms with Crippen molar-refractivity contribution in [2.75, 3.05) is 32.2 Å². The molecule has 2 aromatic rings. The second-order valence-corrected chi connectivity index (χ2v) is 5.70. The first-order chi connectivity index (χ1) is 12.7. The molecule has 0 unspecified atom stereocenters. The van der Waals surface area contributed by atoms with Crippen LogP contribution in [0.5, 0.6) is 5.75 Å². The molecule has 0 aliphatic rings. The SMILES string of the molecule is COc1cc(C(F)(F)F)cc(C)c1NNc1nc(Cl)ncc1C(OC)OC. The third kappa shape index (κ3) is 4.90. The van der Waals surface area contributed by atoms with Crippen LogP contribution in [0.15, 0.2) is 18.3 Å². The molecule has 0 saturated carbocycles. The van der Waals surface area contributed by atoms with E-state index in [2.05, 4.69) is 20.8 Å². The Labute approximate surface area is 158 Å². The number of ether oxygens (including phenoxy) is 3. The Kier molecular flexibility index (Phi) is 6.68. The van der Waals surface area contributed by atoms with E-state index in [1.165, 1.54) is 34.4 Å². The van der Waals surface area contributed by atoms with E-state index in [1.807, 2.05) is 0 Å². The smallest absolute Gasteiger partial charge is 0.416 e. The van der Waals surface area contributed by atoms with Gasteiger partial charge in [0.15, 0.2) is 12.1 Å². The first-order valence-corrected chi connectivity index (χ1v) is 7.95. The van der Waals surface area contributed by atoms with Crippen molar-refractivity contribution in [2.24, 2.45) is 0 Å². The molecule has 0 aliphatic heterocycles. The lowest BCUT2D eigenvalue weighted by Crippen LogP contribution is -2.17. The minimum atomic E-state index is -4.48. The summed E-state index contributed by atoms with van der Waals surface area (Å²) in [5, 5.41) is -0.0369. The highest BCUT2D eigenvalue weighted by molar-refractivity contribution is 6.28. The maximum absolute atomic E-state index is 13.0. The van der Waals surface area contributed by atoms with E-state index in [4.69, 9.17) is 25.8 Å². The molecule has 0 aliphatic carbocycles. The van der Waals surface area contributed by atoms with E-state index in [-0.39, 0.29) is 16.9 Å². The van der Waals surface area contributed by atoms with Gasteiger partial charge < -0.3 is 14.2 Å². The zero-order chi connectivity index (χ0) is 20.2. The summed E-state index contributed by atoms with van der Waals surface area (Å²) in [7, 11) is 4.14. The van der Waals surface area contributed by atoms with Gasteiger partial charge in [0.25, 0.3) is 0 Å². The van der Waals surface area contributed by atoms with Crippen LogP contribution in [0.25, 0.3) is 0 Å². The van der Waals surface area contributed by atoms with Crippen molar-refractivity contribution in [3.8, 4) is 5.75 Å². The molecule has 1 heterocycles. The zero-order valence-corrected chi connectivity index (χ0v) is 15.7. The molecule has 1 aromatic heterocycles. The van der Waals surface area contributed by atoms with E-state index in [0.29, 0.717) is 16.8 Å². The quantitative estimate of drug-likeness (QED) is 0.405. The van der Waals surface area contributed by atoms with Crippen molar-refractivity contribution in [2.45, 2.75) is 19.4 Å². The third-order valence-electron chi connectivity index (χ3n) is 3.62. The Balaban J connectivity index is 2.36. The highest BCUT2D eigenvalue weighted by Crippen LogP contribution is 2.37. The van der Waals surface area contributed by atoms with Gasteiger partial charge in [0.1, 0.15) is 5.75 Å². The number of hydrogen-bond acceptors (Lipinski definition) is 7. The standard InChI is InChI=1S/C16H18ClF3N4O3/c1-8-5-9(16(18,19)20)6-11(25-2)12(8)23-24-13-10(14(26-3)27-4)7-21-15(17)22-13/h5-7,14,23H,1-4H3,(H,21,22,24). The lowest BCUT2D eigenvalue weighted by Gasteiger charge is -2.20. The molecule has 0 amide bonds. The summed E-state index contributed by atoms with van der Waals surface area (Å²) in [6, 6.07) is 1.91. The maximum atomic E-state index is 13.0. The average molecular weight is 407 g/mol. The molecule has 27 heavy (non-hydrogen) atoms. The van der Waals surface area contributed by atoms with E-state index < -0.39 is 18.0 Å². The molecule has 11 heteroatoms. The molecule has 148 valence electrons. The Morgan fingerprint density at radius 2 is 1.78 bits per heavy atom. The van der Waals surface area contributed by atoms with Gasteiger partial charge in [0, 0.05) is 20.4 Å². The Morgan fingerprint density at radius 3 is 2.33 bits per heavy atom. The molecule has 1 aromatic carbocycles. The minimum absolute atomic E-state index is 0.00608. The summed E-state index contributed by atoms with van der Waals surface area (Å²) in [5.41, 5.74) is 5.81. The maximum Gasteiger partial charge on any atom is 0.416 e. The number of nitrogens with one attached hydrogen (secondary N) is 2. The largest absolute Gasteiger partial charge is 0.494 e. The monoisotopic (exact) mass is 406 g/mol. The molecule has 0 radical (unpaired) electrons. The molecule has 0 atom stereocenters. The fraction of sp³-hybridized carbons (Fsp3) is 0.375. The van der Waals surface area contributed by atoms with Crippen LogP contribution in [0.3, 0.4) is 0 Å². The van der Waals surface area contributed by atoms with E-state index in [9.17, 15) is 13.2 Å². The van der Waals surface area contributed by atoms with E-state index in [1.54, 1.807) is 0 Å². The van der Waals surface area contributed by atoms with Gasteiger partial charge in [0.2, 0.25) is 5.28 Å². The van der Waals surface area contributed by atoms with Crippen LogP contribution in [0.4, 0.5) is 24.7 Å². The van der Waals surface area contributed by atoms with Crippen molar-refractivity contribution >= 4 is 23.1 Å². The van der Waals surface area contributed by atoms with Gasteiger partial charge in [-0.15, -0.1) is 0 Å². The summed E-state index contributed by atoms with van der Waals surface area (Å²) >= 11 is 5.83. The van der Waals surface area contributed by atoms with Gasteiger partial charge >= 0.3 is 6.18 Å². The van der Waals surface area contributed by atoms with Crippen LogP contribution in [0.2, 0.25) is 5.28 Å². The molecule has 0 bridgehead atoms. The molecule has 0 saturated heterocycles. The molecule has 0 fully saturated rings. The van der Waals surface area contributed by atoms with Crippen molar-refractivity contribution < 1.29 is 27.4 Å². The van der Waals surface area contributed by atoms with Crippen molar-refractivity contribution in [1.82, 2.24) is 9.97 Å². The molecule has 0 spiro atoms. The van der Waals surface area contributed by atoms with E-state index >= 15 is 0 Å². The number of aryl methyl sites for hydroxylation is 1.